The Hall–Kier alpha value is -1.09. The van der Waals surface area contributed by atoms with Crippen LogP contribution in [0.3, 0.4) is 0 Å². The van der Waals surface area contributed by atoms with Crippen LogP contribution in [0.4, 0.5) is 0 Å². The van der Waals surface area contributed by atoms with Gasteiger partial charge in [0.1, 0.15) is 0 Å². The third kappa shape index (κ3) is 7.35. The number of thioether (sulfide) groups is 1. The zero-order valence-corrected chi connectivity index (χ0v) is 16.1. The van der Waals surface area contributed by atoms with Gasteiger partial charge >= 0.3 is 0 Å². The molecule has 1 heterocycles. The molecule has 0 unspecified atom stereocenters. The lowest BCUT2D eigenvalue weighted by Gasteiger charge is -2.21. The molecule has 1 aliphatic heterocycles. The van der Waals surface area contributed by atoms with Gasteiger partial charge in [-0.1, -0.05) is 12.1 Å². The fourth-order valence-electron chi connectivity index (χ4n) is 2.51. The first-order valence-corrected chi connectivity index (χ1v) is 11.0. The van der Waals surface area contributed by atoms with Gasteiger partial charge < -0.3 is 10.1 Å². The summed E-state index contributed by atoms with van der Waals surface area (Å²) in [5.41, 5.74) is 0.877. The molecule has 0 aromatic heterocycles. The minimum Gasteiger partial charge on any atom is -0.381 e. The summed E-state index contributed by atoms with van der Waals surface area (Å²) in [5.74, 6) is 0.727. The number of benzene rings is 1. The average Bonchev–Trinajstić information content (AvgIpc) is 2.59. The number of amides is 1. The lowest BCUT2D eigenvalue weighted by Crippen LogP contribution is -2.32. The van der Waals surface area contributed by atoms with E-state index in [1.165, 1.54) is 0 Å². The monoisotopic (exact) mass is 386 g/mol. The Morgan fingerprint density at radius 1 is 1.28 bits per heavy atom. The van der Waals surface area contributed by atoms with Crippen molar-refractivity contribution < 1.29 is 17.9 Å². The van der Waals surface area contributed by atoms with Gasteiger partial charge in [-0.25, -0.2) is 13.1 Å². The van der Waals surface area contributed by atoms with E-state index in [4.69, 9.17) is 4.74 Å². The van der Waals surface area contributed by atoms with E-state index >= 15 is 0 Å². The number of aryl methyl sites for hydroxylation is 1. The summed E-state index contributed by atoms with van der Waals surface area (Å²) in [6, 6.07) is 6.69. The Morgan fingerprint density at radius 2 is 2.04 bits per heavy atom. The summed E-state index contributed by atoms with van der Waals surface area (Å²) >= 11 is 1.86. The molecule has 0 spiro atoms. The number of hydrogen-bond donors (Lipinski definition) is 2. The second-order valence-corrected chi connectivity index (χ2v) is 9.17. The fraction of sp³-hybridized carbons (Fsp3) is 0.588. The molecule has 0 saturated carbocycles. The number of carbonyl (C=O) groups excluding carboxylic acids is 1. The van der Waals surface area contributed by atoms with Gasteiger partial charge in [0.15, 0.2) is 0 Å². The van der Waals surface area contributed by atoms with Crippen LogP contribution in [0.5, 0.6) is 0 Å². The van der Waals surface area contributed by atoms with E-state index < -0.39 is 10.0 Å². The Balaban J connectivity index is 1.61. The minimum atomic E-state index is -3.56. The van der Waals surface area contributed by atoms with Gasteiger partial charge in [-0.05, 0) is 37.5 Å². The average molecular weight is 387 g/mol. The number of nitrogens with one attached hydrogen (secondary N) is 2. The van der Waals surface area contributed by atoms with E-state index in [9.17, 15) is 13.2 Å². The highest BCUT2D eigenvalue weighted by molar-refractivity contribution is 7.99. The maximum atomic E-state index is 12.1. The molecule has 0 aliphatic carbocycles. The standard InChI is InChI=1S/C17H26N2O4S2/c1-14-3-2-4-16(13-14)25(21,22)19-8-5-17(20)18-9-12-24-15-6-10-23-11-7-15/h2-4,13,15,19H,5-12H2,1H3,(H,18,20). The molecule has 1 aromatic carbocycles. The van der Waals surface area contributed by atoms with Crippen LogP contribution in [0.15, 0.2) is 29.2 Å². The van der Waals surface area contributed by atoms with E-state index in [1.807, 2.05) is 24.8 Å². The number of carbonyl (C=O) groups is 1. The fourth-order valence-corrected chi connectivity index (χ4v) is 4.73. The highest BCUT2D eigenvalue weighted by Gasteiger charge is 2.15. The molecule has 0 bridgehead atoms. The molecule has 6 nitrogen and oxygen atoms in total. The van der Waals surface area contributed by atoms with Gasteiger partial charge in [0.05, 0.1) is 4.90 Å². The van der Waals surface area contributed by atoms with Gasteiger partial charge in [0, 0.05) is 43.7 Å². The lowest BCUT2D eigenvalue weighted by molar-refractivity contribution is -0.120. The summed E-state index contributed by atoms with van der Waals surface area (Å²) in [6.45, 7) is 4.18. The van der Waals surface area contributed by atoms with E-state index in [2.05, 4.69) is 10.0 Å². The molecule has 1 aromatic rings. The number of sulfonamides is 1. The van der Waals surface area contributed by atoms with Crippen molar-refractivity contribution in [3.05, 3.63) is 29.8 Å². The van der Waals surface area contributed by atoms with Gasteiger partial charge in [-0.2, -0.15) is 11.8 Å². The first kappa shape index (κ1) is 20.2. The van der Waals surface area contributed by atoms with Crippen molar-refractivity contribution in [3.8, 4) is 0 Å². The van der Waals surface area contributed by atoms with Crippen molar-refractivity contribution in [2.24, 2.45) is 0 Å². The quantitative estimate of drug-likeness (QED) is 0.631. The van der Waals surface area contributed by atoms with Crippen molar-refractivity contribution in [1.29, 1.82) is 0 Å². The Labute approximate surface area is 154 Å². The predicted molar refractivity (Wildman–Crippen MR) is 100 cm³/mol. The van der Waals surface area contributed by atoms with Crippen LogP contribution in [-0.4, -0.2) is 51.6 Å². The Morgan fingerprint density at radius 3 is 2.76 bits per heavy atom. The van der Waals surface area contributed by atoms with Gasteiger partial charge in [-0.3, -0.25) is 4.79 Å². The van der Waals surface area contributed by atoms with Crippen molar-refractivity contribution in [2.75, 3.05) is 32.1 Å². The molecule has 1 saturated heterocycles. The molecule has 25 heavy (non-hydrogen) atoms. The van der Waals surface area contributed by atoms with Crippen LogP contribution in [0.2, 0.25) is 0 Å². The number of hydrogen-bond acceptors (Lipinski definition) is 5. The Bertz CT molecular complexity index is 658. The molecule has 8 heteroatoms. The second-order valence-electron chi connectivity index (χ2n) is 6.00. The van der Waals surface area contributed by atoms with Crippen LogP contribution in [0.25, 0.3) is 0 Å². The third-order valence-corrected chi connectivity index (χ3v) is 6.73. The maximum Gasteiger partial charge on any atom is 0.240 e. The topological polar surface area (TPSA) is 84.5 Å². The molecule has 1 fully saturated rings. The largest absolute Gasteiger partial charge is 0.381 e. The molecule has 140 valence electrons. The van der Waals surface area contributed by atoms with E-state index in [-0.39, 0.29) is 23.8 Å². The molecule has 2 N–H and O–H groups in total. The second kappa shape index (κ2) is 10.2. The Kier molecular flexibility index (Phi) is 8.21. The van der Waals surface area contributed by atoms with E-state index in [0.717, 1.165) is 37.4 Å². The van der Waals surface area contributed by atoms with Gasteiger partial charge in [-0.15, -0.1) is 0 Å². The summed E-state index contributed by atoms with van der Waals surface area (Å²) in [6.07, 6.45) is 2.27. The van der Waals surface area contributed by atoms with Crippen LogP contribution in [-0.2, 0) is 19.6 Å². The molecule has 0 radical (unpaired) electrons. The summed E-state index contributed by atoms with van der Waals surface area (Å²) in [7, 11) is -3.56. The van der Waals surface area contributed by atoms with E-state index in [1.54, 1.807) is 18.2 Å². The third-order valence-electron chi connectivity index (χ3n) is 3.89. The normalized spacial score (nSPS) is 15.9. The van der Waals surface area contributed by atoms with Crippen molar-refractivity contribution in [3.63, 3.8) is 0 Å². The van der Waals surface area contributed by atoms with Crippen LogP contribution < -0.4 is 10.0 Å². The molecule has 1 aliphatic rings. The first-order valence-electron chi connectivity index (χ1n) is 8.50. The number of ether oxygens (including phenoxy) is 1. The molecular formula is C17H26N2O4S2. The zero-order valence-electron chi connectivity index (χ0n) is 14.5. The zero-order chi connectivity index (χ0) is 18.1. The smallest absolute Gasteiger partial charge is 0.240 e. The highest BCUT2D eigenvalue weighted by atomic mass is 32.2. The molecule has 1 amide bonds. The van der Waals surface area contributed by atoms with Crippen molar-refractivity contribution >= 4 is 27.7 Å². The van der Waals surface area contributed by atoms with Crippen molar-refractivity contribution in [2.45, 2.75) is 36.3 Å². The van der Waals surface area contributed by atoms with Crippen LogP contribution in [0, 0.1) is 6.92 Å². The van der Waals surface area contributed by atoms with Crippen LogP contribution >= 0.6 is 11.8 Å². The van der Waals surface area contributed by atoms with Gasteiger partial charge in [0.2, 0.25) is 15.9 Å². The molecule has 2 rings (SSSR count). The molecule has 0 atom stereocenters. The summed E-state index contributed by atoms with van der Waals surface area (Å²) in [5, 5.41) is 3.45. The van der Waals surface area contributed by atoms with Gasteiger partial charge in [0.25, 0.3) is 0 Å². The predicted octanol–water partition coefficient (Wildman–Crippen LogP) is 1.69. The lowest BCUT2D eigenvalue weighted by atomic mass is 10.2. The number of rotatable bonds is 9. The summed E-state index contributed by atoms with van der Waals surface area (Å²) in [4.78, 5) is 12.0. The summed E-state index contributed by atoms with van der Waals surface area (Å²) < 4.78 is 32.1. The minimum absolute atomic E-state index is 0.0925. The maximum absolute atomic E-state index is 12.1. The van der Waals surface area contributed by atoms with Crippen LogP contribution in [0.1, 0.15) is 24.8 Å². The first-order chi connectivity index (χ1) is 12.0. The van der Waals surface area contributed by atoms with Crippen molar-refractivity contribution in [1.82, 2.24) is 10.0 Å². The SMILES string of the molecule is Cc1cccc(S(=O)(=O)NCCC(=O)NCCSC2CCOCC2)c1. The highest BCUT2D eigenvalue weighted by Crippen LogP contribution is 2.21. The van der Waals surface area contributed by atoms with E-state index in [0.29, 0.717) is 11.8 Å². The molecular weight excluding hydrogens is 360 g/mol.